The lowest BCUT2D eigenvalue weighted by Gasteiger charge is -2.04. The minimum Gasteiger partial charge on any atom is -0.466 e. The summed E-state index contributed by atoms with van der Waals surface area (Å²) in [7, 11) is 0. The zero-order valence-electron chi connectivity index (χ0n) is 8.10. The van der Waals surface area contributed by atoms with Crippen LogP contribution < -0.4 is 5.32 Å². The Morgan fingerprint density at radius 3 is 2.69 bits per heavy atom. The fourth-order valence-corrected chi connectivity index (χ4v) is 1.03. The van der Waals surface area contributed by atoms with Crippen molar-refractivity contribution in [3.8, 4) is 0 Å². The van der Waals surface area contributed by atoms with Crippen molar-refractivity contribution in [3.63, 3.8) is 0 Å². The molecule has 0 unspecified atom stereocenters. The average molecular weight is 206 g/mol. The Morgan fingerprint density at radius 2 is 2.23 bits per heavy atom. The van der Waals surface area contributed by atoms with Crippen molar-refractivity contribution in [3.05, 3.63) is 11.8 Å². The highest BCUT2D eigenvalue weighted by Gasteiger charge is 1.99. The summed E-state index contributed by atoms with van der Waals surface area (Å²) in [6.07, 6.45) is 2.04. The third-order valence-electron chi connectivity index (χ3n) is 1.37. The number of esters is 1. The van der Waals surface area contributed by atoms with E-state index in [0.29, 0.717) is 12.5 Å². The van der Waals surface area contributed by atoms with E-state index in [9.17, 15) is 4.79 Å². The zero-order chi connectivity index (χ0) is 10.1. The number of hydrogen-bond acceptors (Lipinski definition) is 3. The van der Waals surface area contributed by atoms with Crippen LogP contribution in [0.3, 0.4) is 0 Å². The fraction of sp³-hybridized carbons (Fsp3) is 0.667. The average Bonchev–Trinajstić information content (AvgIpc) is 2.12. The lowest BCUT2D eigenvalue weighted by Crippen LogP contribution is -2.14. The van der Waals surface area contributed by atoms with Crippen LogP contribution in [0.2, 0.25) is 0 Å². The number of nitrogens with one attached hydrogen (secondary N) is 1. The summed E-state index contributed by atoms with van der Waals surface area (Å²) in [5, 5.41) is 3.05. The van der Waals surface area contributed by atoms with Gasteiger partial charge in [0.15, 0.2) is 0 Å². The number of ether oxygens (including phenoxy) is 1. The number of alkyl halides is 1. The van der Waals surface area contributed by atoms with Crippen LogP contribution in [0, 0.1) is 0 Å². The number of halogens is 1. The lowest BCUT2D eigenvalue weighted by atomic mass is 10.3. The topological polar surface area (TPSA) is 38.3 Å². The van der Waals surface area contributed by atoms with Gasteiger partial charge in [-0.05, 0) is 13.8 Å². The molecule has 76 valence electrons. The molecular formula is C9H16ClNO2. The number of carbonyl (C=O) groups excluding carboxylic acids is 1. The van der Waals surface area contributed by atoms with Crippen molar-refractivity contribution in [1.82, 2.24) is 5.32 Å². The molecule has 4 heteroatoms. The quantitative estimate of drug-likeness (QED) is 0.530. The van der Waals surface area contributed by atoms with Crippen LogP contribution in [-0.4, -0.2) is 25.0 Å². The van der Waals surface area contributed by atoms with Crippen molar-refractivity contribution in [1.29, 1.82) is 0 Å². The Labute approximate surface area is 84.1 Å². The molecule has 0 heterocycles. The van der Waals surface area contributed by atoms with Crippen molar-refractivity contribution >= 4 is 17.6 Å². The molecule has 0 bridgehead atoms. The molecule has 0 saturated carbocycles. The second-order valence-electron chi connectivity index (χ2n) is 2.40. The van der Waals surface area contributed by atoms with E-state index < -0.39 is 0 Å². The third kappa shape index (κ3) is 6.46. The van der Waals surface area contributed by atoms with Crippen LogP contribution in [-0.2, 0) is 9.53 Å². The van der Waals surface area contributed by atoms with Gasteiger partial charge in [-0.2, -0.15) is 0 Å². The molecule has 13 heavy (non-hydrogen) atoms. The van der Waals surface area contributed by atoms with Gasteiger partial charge in [0.2, 0.25) is 0 Å². The van der Waals surface area contributed by atoms with Crippen molar-refractivity contribution in [2.75, 3.05) is 19.0 Å². The first kappa shape index (κ1) is 12.3. The fourth-order valence-electron chi connectivity index (χ4n) is 0.827. The molecule has 0 saturated heterocycles. The van der Waals surface area contributed by atoms with Crippen LogP contribution >= 0.6 is 11.6 Å². The van der Waals surface area contributed by atoms with Gasteiger partial charge in [0, 0.05) is 12.2 Å². The molecular weight excluding hydrogens is 190 g/mol. The maximum absolute atomic E-state index is 10.9. The van der Waals surface area contributed by atoms with Gasteiger partial charge in [-0.3, -0.25) is 4.79 Å². The van der Waals surface area contributed by atoms with Crippen LogP contribution in [0.25, 0.3) is 0 Å². The molecule has 0 atom stereocenters. The first-order valence-electron chi connectivity index (χ1n) is 4.39. The summed E-state index contributed by atoms with van der Waals surface area (Å²) >= 11 is 5.62. The van der Waals surface area contributed by atoms with Gasteiger partial charge >= 0.3 is 5.97 Å². The van der Waals surface area contributed by atoms with Crippen LogP contribution in [0.1, 0.15) is 20.3 Å². The summed E-state index contributed by atoms with van der Waals surface area (Å²) in [6.45, 7) is 4.99. The van der Waals surface area contributed by atoms with Crippen molar-refractivity contribution < 1.29 is 9.53 Å². The smallest absolute Gasteiger partial charge is 0.309 e. The molecule has 3 nitrogen and oxygen atoms in total. The second-order valence-corrected chi connectivity index (χ2v) is 2.67. The van der Waals surface area contributed by atoms with Gasteiger partial charge < -0.3 is 10.1 Å². The van der Waals surface area contributed by atoms with Gasteiger partial charge in [0.1, 0.15) is 0 Å². The van der Waals surface area contributed by atoms with E-state index in [2.05, 4.69) is 5.32 Å². The van der Waals surface area contributed by atoms with Gasteiger partial charge in [-0.1, -0.05) is 6.08 Å². The van der Waals surface area contributed by atoms with Gasteiger partial charge in [0.05, 0.1) is 18.9 Å². The monoisotopic (exact) mass is 205 g/mol. The number of hydrogen-bond donors (Lipinski definition) is 1. The van der Waals surface area contributed by atoms with E-state index in [4.69, 9.17) is 16.3 Å². The normalized spacial score (nSPS) is 11.2. The van der Waals surface area contributed by atoms with E-state index >= 15 is 0 Å². The van der Waals surface area contributed by atoms with Crippen LogP contribution in [0.4, 0.5) is 0 Å². The summed E-state index contributed by atoms with van der Waals surface area (Å²) in [6, 6.07) is 0. The number of carbonyl (C=O) groups is 1. The summed E-state index contributed by atoms with van der Waals surface area (Å²) in [4.78, 5) is 10.9. The Hall–Kier alpha value is -0.700. The Morgan fingerprint density at radius 1 is 1.54 bits per heavy atom. The minimum absolute atomic E-state index is 0.219. The minimum atomic E-state index is -0.219. The zero-order valence-corrected chi connectivity index (χ0v) is 8.86. The van der Waals surface area contributed by atoms with Crippen molar-refractivity contribution in [2.24, 2.45) is 0 Å². The number of rotatable bonds is 6. The standard InChI is InChI=1S/C9H16ClNO2/c1-3-11-8(7-10)5-6-9(12)13-4-2/h5,11H,3-4,6-7H2,1-2H3. The van der Waals surface area contributed by atoms with Crippen LogP contribution in [0.5, 0.6) is 0 Å². The molecule has 0 amide bonds. The molecule has 0 aromatic heterocycles. The van der Waals surface area contributed by atoms with Crippen molar-refractivity contribution in [2.45, 2.75) is 20.3 Å². The van der Waals surface area contributed by atoms with E-state index in [0.717, 1.165) is 12.2 Å². The third-order valence-corrected chi connectivity index (χ3v) is 1.66. The maximum atomic E-state index is 10.9. The summed E-state index contributed by atoms with van der Waals surface area (Å²) in [5.41, 5.74) is 0.872. The number of allylic oxidation sites excluding steroid dienone is 1. The Bertz CT molecular complexity index is 180. The molecule has 0 radical (unpaired) electrons. The second kappa shape index (κ2) is 7.92. The highest BCUT2D eigenvalue weighted by Crippen LogP contribution is 1.97. The summed E-state index contributed by atoms with van der Waals surface area (Å²) < 4.78 is 4.76. The highest BCUT2D eigenvalue weighted by molar-refractivity contribution is 6.19. The molecule has 0 aliphatic carbocycles. The molecule has 0 aliphatic rings. The summed E-state index contributed by atoms with van der Waals surface area (Å²) in [5.74, 6) is 0.177. The molecule has 1 N–H and O–H groups in total. The van der Waals surface area contributed by atoms with E-state index in [1.165, 1.54) is 0 Å². The molecule has 0 aliphatic heterocycles. The lowest BCUT2D eigenvalue weighted by molar-refractivity contribution is -0.142. The van der Waals surface area contributed by atoms with E-state index in [1.54, 1.807) is 13.0 Å². The molecule has 0 spiro atoms. The van der Waals surface area contributed by atoms with Gasteiger partial charge in [-0.25, -0.2) is 0 Å². The highest BCUT2D eigenvalue weighted by atomic mass is 35.5. The SMILES string of the molecule is CCNC(=CCC(=O)OCC)CCl. The largest absolute Gasteiger partial charge is 0.466 e. The first-order valence-corrected chi connectivity index (χ1v) is 4.92. The molecule has 0 fully saturated rings. The Kier molecular flexibility index (Phi) is 7.50. The van der Waals surface area contributed by atoms with E-state index in [1.807, 2.05) is 6.92 Å². The van der Waals surface area contributed by atoms with E-state index in [-0.39, 0.29) is 12.4 Å². The van der Waals surface area contributed by atoms with Gasteiger partial charge in [0.25, 0.3) is 0 Å². The molecule has 0 rings (SSSR count). The predicted octanol–water partition coefficient (Wildman–Crippen LogP) is 1.67. The van der Waals surface area contributed by atoms with Crippen LogP contribution in [0.15, 0.2) is 11.8 Å². The Balaban J connectivity index is 3.83. The van der Waals surface area contributed by atoms with Gasteiger partial charge in [-0.15, -0.1) is 11.6 Å². The first-order chi connectivity index (χ1) is 6.24. The predicted molar refractivity (Wildman–Crippen MR) is 53.7 cm³/mol. The molecule has 0 aromatic rings. The molecule has 0 aromatic carbocycles. The maximum Gasteiger partial charge on any atom is 0.309 e.